The minimum Gasteiger partial charge on any atom is -0.493 e. The number of aromatic nitrogens is 2. The lowest BCUT2D eigenvalue weighted by molar-refractivity contribution is 0.409. The number of methoxy groups -OCH3 is 1. The number of ether oxygens (including phenoxy) is 1. The Bertz CT molecular complexity index is 866. The molecule has 3 rings (SSSR count). The highest BCUT2D eigenvalue weighted by Crippen LogP contribution is 2.31. The molecule has 0 unspecified atom stereocenters. The minimum absolute atomic E-state index is 0.103. The van der Waals surface area contributed by atoms with Gasteiger partial charge >= 0.3 is 0 Å². The summed E-state index contributed by atoms with van der Waals surface area (Å²) in [5.41, 5.74) is 1.63. The van der Waals surface area contributed by atoms with Gasteiger partial charge in [0.25, 0.3) is 5.56 Å². The van der Waals surface area contributed by atoms with Crippen molar-refractivity contribution in [3.8, 4) is 17.2 Å². The zero-order valence-corrected chi connectivity index (χ0v) is 11.1. The third-order valence-corrected chi connectivity index (χ3v) is 3.04. The standard InChI is InChI=1S/C13H10N2O3S/c1-6-3-7-5-8-11(16)14-13(19)15-12(8)18-10(7)9(4-6)17-2/h3-5H,1-2H3,(H,14,16,19). The predicted octanol–water partition coefficient (Wildman–Crippen LogP) is 2.67. The second-order valence-corrected chi connectivity index (χ2v) is 4.61. The third kappa shape index (κ3) is 1.90. The molecule has 0 amide bonds. The zero-order chi connectivity index (χ0) is 13.6. The molecule has 1 aromatic carbocycles. The summed E-state index contributed by atoms with van der Waals surface area (Å²) < 4.78 is 11.0. The maximum atomic E-state index is 11.8. The summed E-state index contributed by atoms with van der Waals surface area (Å²) in [7, 11) is 1.57. The fourth-order valence-corrected chi connectivity index (χ4v) is 2.21. The Morgan fingerprint density at radius 1 is 1.37 bits per heavy atom. The van der Waals surface area contributed by atoms with Crippen molar-refractivity contribution >= 4 is 23.2 Å². The highest BCUT2D eigenvalue weighted by Gasteiger charge is 2.15. The molecule has 2 aliphatic heterocycles. The maximum absolute atomic E-state index is 11.8. The first-order valence-corrected chi connectivity index (χ1v) is 6.02. The highest BCUT2D eigenvalue weighted by molar-refractivity contribution is 7.71. The molecular formula is C13H10N2O3S. The van der Waals surface area contributed by atoms with E-state index in [9.17, 15) is 4.79 Å². The monoisotopic (exact) mass is 274 g/mol. The zero-order valence-electron chi connectivity index (χ0n) is 10.3. The van der Waals surface area contributed by atoms with Crippen LogP contribution >= 0.6 is 12.2 Å². The van der Waals surface area contributed by atoms with Gasteiger partial charge in [-0.25, -0.2) is 0 Å². The van der Waals surface area contributed by atoms with Crippen molar-refractivity contribution in [3.05, 3.63) is 38.9 Å². The van der Waals surface area contributed by atoms with E-state index in [0.717, 1.165) is 10.9 Å². The molecule has 0 atom stereocenters. The quantitative estimate of drug-likeness (QED) is 0.546. The van der Waals surface area contributed by atoms with E-state index >= 15 is 0 Å². The number of aryl methyl sites for hydroxylation is 1. The number of aromatic amines is 1. The van der Waals surface area contributed by atoms with Crippen LogP contribution in [0.1, 0.15) is 5.56 Å². The Morgan fingerprint density at radius 3 is 2.89 bits per heavy atom. The average molecular weight is 274 g/mol. The largest absolute Gasteiger partial charge is 0.493 e. The summed E-state index contributed by atoms with van der Waals surface area (Å²) in [6, 6.07) is 5.51. The Balaban J connectivity index is 2.53. The van der Waals surface area contributed by atoms with Gasteiger partial charge in [-0.2, -0.15) is 4.98 Å². The summed E-state index contributed by atoms with van der Waals surface area (Å²) >= 11 is 4.87. The van der Waals surface area contributed by atoms with Crippen LogP contribution in [0.25, 0.3) is 22.4 Å². The van der Waals surface area contributed by atoms with Gasteiger partial charge in [0.2, 0.25) is 10.7 Å². The van der Waals surface area contributed by atoms with Gasteiger partial charge in [0.1, 0.15) is 5.56 Å². The number of nitrogens with zero attached hydrogens (tertiary/aromatic N) is 1. The van der Waals surface area contributed by atoms with E-state index in [1.807, 2.05) is 19.1 Å². The second-order valence-electron chi connectivity index (χ2n) is 4.22. The molecule has 5 nitrogen and oxygen atoms in total. The van der Waals surface area contributed by atoms with E-state index in [2.05, 4.69) is 9.97 Å². The van der Waals surface area contributed by atoms with Gasteiger partial charge in [-0.1, -0.05) is 0 Å². The molecular weight excluding hydrogens is 264 g/mol. The molecule has 1 aromatic rings. The van der Waals surface area contributed by atoms with Crippen LogP contribution in [0.3, 0.4) is 0 Å². The van der Waals surface area contributed by atoms with E-state index in [-0.39, 0.29) is 16.2 Å². The fourth-order valence-electron chi connectivity index (χ4n) is 2.03. The molecule has 0 bridgehead atoms. The van der Waals surface area contributed by atoms with Gasteiger partial charge in [-0.15, -0.1) is 0 Å². The van der Waals surface area contributed by atoms with E-state index in [1.54, 1.807) is 13.2 Å². The Labute approximate surface area is 113 Å². The SMILES string of the molecule is COc1cc(C)cc2cc3c(=O)[nH]c(=S)nc-3oc12. The number of H-pyrrole nitrogens is 1. The molecule has 0 aliphatic carbocycles. The topological polar surface area (TPSA) is 68.1 Å². The van der Waals surface area contributed by atoms with E-state index in [4.69, 9.17) is 21.4 Å². The molecule has 0 saturated heterocycles. The van der Waals surface area contributed by atoms with Gasteiger partial charge in [0.05, 0.1) is 7.11 Å². The van der Waals surface area contributed by atoms with Crippen molar-refractivity contribution in [1.29, 1.82) is 0 Å². The molecule has 96 valence electrons. The summed E-state index contributed by atoms with van der Waals surface area (Å²) in [6.45, 7) is 1.95. The number of nitrogens with one attached hydrogen (secondary N) is 1. The third-order valence-electron chi connectivity index (χ3n) is 2.84. The summed E-state index contributed by atoms with van der Waals surface area (Å²) in [5.74, 6) is 0.813. The molecule has 0 saturated carbocycles. The number of fused-ring (bicyclic) bond motifs is 2. The smallest absolute Gasteiger partial charge is 0.262 e. The number of rotatable bonds is 1. The van der Waals surface area contributed by atoms with Crippen LogP contribution in [0.4, 0.5) is 0 Å². The van der Waals surface area contributed by atoms with Crippen molar-refractivity contribution in [3.63, 3.8) is 0 Å². The summed E-state index contributed by atoms with van der Waals surface area (Å²) in [6.07, 6.45) is 0. The first-order chi connectivity index (χ1) is 9.08. The lowest BCUT2D eigenvalue weighted by atomic mass is 10.1. The van der Waals surface area contributed by atoms with E-state index < -0.39 is 0 Å². The lowest BCUT2D eigenvalue weighted by Gasteiger charge is -2.09. The molecule has 0 radical (unpaired) electrons. The van der Waals surface area contributed by atoms with Gasteiger partial charge in [0.15, 0.2) is 11.3 Å². The lowest BCUT2D eigenvalue weighted by Crippen LogP contribution is -2.12. The number of hydrogen-bond acceptors (Lipinski definition) is 5. The number of hydrogen-bond donors (Lipinski definition) is 1. The minimum atomic E-state index is -0.305. The highest BCUT2D eigenvalue weighted by atomic mass is 32.1. The van der Waals surface area contributed by atoms with Crippen LogP contribution in [0.15, 0.2) is 27.4 Å². The van der Waals surface area contributed by atoms with Crippen LogP contribution < -0.4 is 10.3 Å². The summed E-state index contributed by atoms with van der Waals surface area (Å²) in [4.78, 5) is 18.3. The Kier molecular flexibility index (Phi) is 2.60. The van der Waals surface area contributed by atoms with Crippen molar-refractivity contribution in [2.24, 2.45) is 0 Å². The Morgan fingerprint density at radius 2 is 2.16 bits per heavy atom. The van der Waals surface area contributed by atoms with Crippen LogP contribution in [0.5, 0.6) is 5.75 Å². The predicted molar refractivity (Wildman–Crippen MR) is 73.4 cm³/mol. The molecule has 2 heterocycles. The normalized spacial score (nSPS) is 11.1. The molecule has 19 heavy (non-hydrogen) atoms. The van der Waals surface area contributed by atoms with Gasteiger partial charge < -0.3 is 9.15 Å². The Hall–Kier alpha value is -2.21. The van der Waals surface area contributed by atoms with Gasteiger partial charge in [-0.3, -0.25) is 9.78 Å². The van der Waals surface area contributed by atoms with Crippen molar-refractivity contribution in [2.45, 2.75) is 6.92 Å². The fraction of sp³-hybridized carbons (Fsp3) is 0.154. The summed E-state index contributed by atoms with van der Waals surface area (Å²) in [5, 5.41) is 0.786. The first kappa shape index (κ1) is 11.9. The molecule has 6 heteroatoms. The molecule has 2 aliphatic rings. The van der Waals surface area contributed by atoms with Crippen LogP contribution in [0.2, 0.25) is 0 Å². The molecule has 1 N–H and O–H groups in total. The van der Waals surface area contributed by atoms with Gasteiger partial charge in [0, 0.05) is 5.39 Å². The van der Waals surface area contributed by atoms with Crippen LogP contribution in [-0.4, -0.2) is 17.1 Å². The van der Waals surface area contributed by atoms with Crippen LogP contribution in [-0.2, 0) is 0 Å². The van der Waals surface area contributed by atoms with Crippen LogP contribution in [0, 0.1) is 11.7 Å². The molecule has 0 aromatic heterocycles. The van der Waals surface area contributed by atoms with E-state index in [0.29, 0.717) is 16.9 Å². The molecule has 0 fully saturated rings. The van der Waals surface area contributed by atoms with E-state index in [1.165, 1.54) is 0 Å². The van der Waals surface area contributed by atoms with Crippen molar-refractivity contribution < 1.29 is 9.15 Å². The first-order valence-electron chi connectivity index (χ1n) is 5.61. The molecule has 0 spiro atoms. The maximum Gasteiger partial charge on any atom is 0.262 e. The van der Waals surface area contributed by atoms with Gasteiger partial charge in [-0.05, 0) is 42.9 Å². The number of benzene rings is 1. The van der Waals surface area contributed by atoms with Crippen molar-refractivity contribution in [1.82, 2.24) is 9.97 Å². The van der Waals surface area contributed by atoms with Crippen molar-refractivity contribution in [2.75, 3.05) is 7.11 Å². The average Bonchev–Trinajstić information content (AvgIpc) is 2.36. The second kappa shape index (κ2) is 4.17.